The van der Waals surface area contributed by atoms with Gasteiger partial charge >= 0.3 is 5.69 Å². The molecule has 0 atom stereocenters. The summed E-state index contributed by atoms with van der Waals surface area (Å²) in [4.78, 5) is 27.0. The van der Waals surface area contributed by atoms with E-state index in [1.54, 1.807) is 24.3 Å². The molecular formula is C15H10ClFN2O2. The number of rotatable bonds is 2. The number of nitrogens with one attached hydrogen (secondary N) is 1. The van der Waals surface area contributed by atoms with Gasteiger partial charge in [-0.15, -0.1) is 0 Å². The third kappa shape index (κ3) is 2.48. The number of H-pyrrole nitrogens is 1. The van der Waals surface area contributed by atoms with E-state index < -0.39 is 17.1 Å². The highest BCUT2D eigenvalue weighted by Crippen LogP contribution is 2.17. The summed E-state index contributed by atoms with van der Waals surface area (Å²) >= 11 is 5.93. The third-order valence-electron chi connectivity index (χ3n) is 3.23. The monoisotopic (exact) mass is 304 g/mol. The van der Waals surface area contributed by atoms with Gasteiger partial charge in [0.25, 0.3) is 5.56 Å². The van der Waals surface area contributed by atoms with Crippen LogP contribution in [0.2, 0.25) is 5.02 Å². The van der Waals surface area contributed by atoms with Gasteiger partial charge in [0.15, 0.2) is 0 Å². The minimum absolute atomic E-state index is 0.0158. The van der Waals surface area contributed by atoms with E-state index >= 15 is 0 Å². The fraction of sp³-hybridized carbons (Fsp3) is 0.0667. The Balaban J connectivity index is 2.17. The van der Waals surface area contributed by atoms with E-state index in [2.05, 4.69) is 4.98 Å². The summed E-state index contributed by atoms with van der Waals surface area (Å²) in [6.45, 7) is -0.0158. The van der Waals surface area contributed by atoms with E-state index in [4.69, 9.17) is 11.6 Å². The molecule has 1 heterocycles. The maximum Gasteiger partial charge on any atom is 0.329 e. The highest BCUT2D eigenvalue weighted by atomic mass is 35.5. The Morgan fingerprint density at radius 3 is 2.67 bits per heavy atom. The molecule has 0 bridgehead atoms. The summed E-state index contributed by atoms with van der Waals surface area (Å²) in [5.74, 6) is -0.469. The number of fused-ring (bicyclic) bond motifs is 1. The largest absolute Gasteiger partial charge is 0.329 e. The van der Waals surface area contributed by atoms with Crippen molar-refractivity contribution in [1.82, 2.24) is 9.55 Å². The molecule has 0 radical (unpaired) electrons. The van der Waals surface area contributed by atoms with Gasteiger partial charge in [-0.2, -0.15) is 0 Å². The number of aromatic amines is 1. The molecule has 2 aromatic carbocycles. The molecule has 0 unspecified atom stereocenters. The van der Waals surface area contributed by atoms with Gasteiger partial charge in [0.05, 0.1) is 17.4 Å². The molecule has 0 fully saturated rings. The van der Waals surface area contributed by atoms with Crippen LogP contribution in [0, 0.1) is 5.82 Å². The van der Waals surface area contributed by atoms with Crippen LogP contribution in [0.3, 0.4) is 0 Å². The van der Waals surface area contributed by atoms with Gasteiger partial charge in [-0.05, 0) is 29.8 Å². The van der Waals surface area contributed by atoms with Crippen LogP contribution >= 0.6 is 11.6 Å². The Hall–Kier alpha value is -2.40. The average Bonchev–Trinajstić information content (AvgIpc) is 2.45. The third-order valence-corrected chi connectivity index (χ3v) is 3.58. The van der Waals surface area contributed by atoms with E-state index in [1.807, 2.05) is 0 Å². The zero-order valence-electron chi connectivity index (χ0n) is 10.8. The second-order valence-corrected chi connectivity index (χ2v) is 5.01. The first-order valence-corrected chi connectivity index (χ1v) is 6.60. The standard InChI is InChI=1S/C15H10ClFN2O2/c16-12-7-10(17)6-5-9(12)8-19-14(20)11-3-1-2-4-13(11)18-15(19)21/h1-7H,8H2,(H,18,21). The molecule has 6 heteroatoms. The molecule has 4 nitrogen and oxygen atoms in total. The van der Waals surface area contributed by atoms with Gasteiger partial charge in [-0.1, -0.05) is 29.8 Å². The second-order valence-electron chi connectivity index (χ2n) is 4.60. The van der Waals surface area contributed by atoms with Crippen LogP contribution in [0.4, 0.5) is 4.39 Å². The van der Waals surface area contributed by atoms with Crippen LogP contribution in [-0.4, -0.2) is 9.55 Å². The van der Waals surface area contributed by atoms with Crippen LogP contribution < -0.4 is 11.2 Å². The molecule has 0 spiro atoms. The smallest absolute Gasteiger partial charge is 0.307 e. The van der Waals surface area contributed by atoms with Crippen molar-refractivity contribution in [3.8, 4) is 0 Å². The molecule has 0 amide bonds. The summed E-state index contributed by atoms with van der Waals surface area (Å²) < 4.78 is 14.1. The molecule has 0 aliphatic heterocycles. The van der Waals surface area contributed by atoms with E-state index in [9.17, 15) is 14.0 Å². The fourth-order valence-corrected chi connectivity index (χ4v) is 2.39. The Labute approximate surface area is 123 Å². The first-order chi connectivity index (χ1) is 10.1. The molecule has 21 heavy (non-hydrogen) atoms. The van der Waals surface area contributed by atoms with Crippen molar-refractivity contribution < 1.29 is 4.39 Å². The number of halogens is 2. The molecule has 1 aromatic heterocycles. The molecule has 106 valence electrons. The fourth-order valence-electron chi connectivity index (χ4n) is 2.16. The van der Waals surface area contributed by atoms with Crippen LogP contribution in [0.25, 0.3) is 10.9 Å². The number of nitrogens with zero attached hydrogens (tertiary/aromatic N) is 1. The summed E-state index contributed by atoms with van der Waals surface area (Å²) in [6, 6.07) is 10.6. The number of benzene rings is 2. The molecular weight excluding hydrogens is 295 g/mol. The van der Waals surface area contributed by atoms with Gasteiger partial charge in [0.2, 0.25) is 0 Å². The molecule has 0 aliphatic rings. The highest BCUT2D eigenvalue weighted by molar-refractivity contribution is 6.31. The van der Waals surface area contributed by atoms with Crippen molar-refractivity contribution in [3.05, 3.63) is 79.7 Å². The predicted molar refractivity (Wildman–Crippen MR) is 79.3 cm³/mol. The Kier molecular flexibility index (Phi) is 3.35. The molecule has 0 saturated heterocycles. The van der Waals surface area contributed by atoms with Crippen LogP contribution in [0.15, 0.2) is 52.1 Å². The summed E-state index contributed by atoms with van der Waals surface area (Å²) in [5.41, 5.74) is 0.0451. The number of hydrogen-bond donors (Lipinski definition) is 1. The highest BCUT2D eigenvalue weighted by Gasteiger charge is 2.10. The van der Waals surface area contributed by atoms with Gasteiger partial charge < -0.3 is 4.98 Å². The van der Waals surface area contributed by atoms with Crippen LogP contribution in [0.5, 0.6) is 0 Å². The summed E-state index contributed by atoms with van der Waals surface area (Å²) in [5, 5.41) is 0.588. The Morgan fingerprint density at radius 2 is 1.90 bits per heavy atom. The lowest BCUT2D eigenvalue weighted by Crippen LogP contribution is -2.35. The van der Waals surface area contributed by atoms with Crippen LogP contribution in [0.1, 0.15) is 5.56 Å². The SMILES string of the molecule is O=c1[nH]c2ccccc2c(=O)n1Cc1ccc(F)cc1Cl. The molecule has 3 aromatic rings. The second kappa shape index (κ2) is 5.18. The minimum Gasteiger partial charge on any atom is -0.307 e. The van der Waals surface area contributed by atoms with Gasteiger partial charge in [-0.3, -0.25) is 9.36 Å². The summed E-state index contributed by atoms with van der Waals surface area (Å²) in [7, 11) is 0. The van der Waals surface area contributed by atoms with E-state index in [0.717, 1.165) is 10.6 Å². The minimum atomic E-state index is -0.529. The first-order valence-electron chi connectivity index (χ1n) is 6.22. The molecule has 1 N–H and O–H groups in total. The maximum absolute atomic E-state index is 13.0. The van der Waals surface area contributed by atoms with Gasteiger partial charge in [-0.25, -0.2) is 9.18 Å². The van der Waals surface area contributed by atoms with Gasteiger partial charge in [0, 0.05) is 5.02 Å². The Bertz CT molecular complexity index is 946. The van der Waals surface area contributed by atoms with Crippen molar-refractivity contribution in [3.63, 3.8) is 0 Å². The van der Waals surface area contributed by atoms with Crippen LogP contribution in [-0.2, 0) is 6.54 Å². The van der Waals surface area contributed by atoms with Gasteiger partial charge in [0.1, 0.15) is 5.82 Å². The average molecular weight is 305 g/mol. The quantitative estimate of drug-likeness (QED) is 0.791. The normalized spacial score (nSPS) is 11.0. The lowest BCUT2D eigenvalue weighted by atomic mass is 10.2. The maximum atomic E-state index is 13.0. The van der Waals surface area contributed by atoms with Crippen molar-refractivity contribution in [2.75, 3.05) is 0 Å². The lowest BCUT2D eigenvalue weighted by Gasteiger charge is -2.08. The van der Waals surface area contributed by atoms with Crippen molar-refractivity contribution >= 4 is 22.5 Å². The molecule has 0 saturated carbocycles. The number of hydrogen-bond acceptors (Lipinski definition) is 2. The van der Waals surface area contributed by atoms with Crippen molar-refractivity contribution in [2.45, 2.75) is 6.54 Å². The van der Waals surface area contributed by atoms with Crippen molar-refractivity contribution in [1.29, 1.82) is 0 Å². The number of aromatic nitrogens is 2. The van der Waals surface area contributed by atoms with E-state index in [0.29, 0.717) is 16.5 Å². The zero-order valence-corrected chi connectivity index (χ0v) is 11.5. The Morgan fingerprint density at radius 1 is 1.14 bits per heavy atom. The van der Waals surface area contributed by atoms with Crippen molar-refractivity contribution in [2.24, 2.45) is 0 Å². The summed E-state index contributed by atoms with van der Waals surface area (Å²) in [6.07, 6.45) is 0. The number of para-hydroxylation sites is 1. The van der Waals surface area contributed by atoms with E-state index in [1.165, 1.54) is 12.1 Å². The lowest BCUT2D eigenvalue weighted by molar-refractivity contribution is 0.625. The molecule has 3 rings (SSSR count). The topological polar surface area (TPSA) is 54.9 Å². The van der Waals surface area contributed by atoms with E-state index in [-0.39, 0.29) is 11.6 Å². The zero-order chi connectivity index (χ0) is 15.0. The molecule has 0 aliphatic carbocycles. The predicted octanol–water partition coefficient (Wildman–Crippen LogP) is 2.53. The first kappa shape index (κ1) is 13.6.